The number of carbonyl (C=O) groups excluding carboxylic acids is 1. The molecule has 0 saturated heterocycles. The summed E-state index contributed by atoms with van der Waals surface area (Å²) in [5.41, 5.74) is 0.508. The highest BCUT2D eigenvalue weighted by Crippen LogP contribution is 2.44. The highest BCUT2D eigenvalue weighted by molar-refractivity contribution is 6.42. The monoisotopic (exact) mass is 434 g/mol. The van der Waals surface area contributed by atoms with Crippen molar-refractivity contribution in [3.05, 3.63) is 45.6 Å². The van der Waals surface area contributed by atoms with E-state index in [0.717, 1.165) is 4.68 Å². The Bertz CT molecular complexity index is 882. The summed E-state index contributed by atoms with van der Waals surface area (Å²) in [6.45, 7) is 4.24. The first kappa shape index (κ1) is 20.8. The molecule has 1 aliphatic rings. The van der Waals surface area contributed by atoms with E-state index in [0.29, 0.717) is 17.1 Å². The number of rotatable bonds is 4. The highest BCUT2D eigenvalue weighted by Gasteiger charge is 2.46. The topological polar surface area (TPSA) is 59.0 Å². The number of nitrogens with one attached hydrogen (secondary N) is 2. The van der Waals surface area contributed by atoms with Gasteiger partial charge in [0.25, 0.3) is 5.91 Å². The molecule has 152 valence electrons. The maximum atomic E-state index is 13.7. The lowest BCUT2D eigenvalue weighted by atomic mass is 9.97. The predicted molar refractivity (Wildman–Crippen MR) is 102 cm³/mol. The van der Waals surface area contributed by atoms with Crippen molar-refractivity contribution >= 4 is 34.9 Å². The maximum Gasteiger partial charge on any atom is 0.410 e. The minimum atomic E-state index is -4.52. The van der Waals surface area contributed by atoms with Crippen molar-refractivity contribution in [2.45, 2.75) is 38.5 Å². The SMILES string of the molecule is CC(C)CNC(=O)c1cc2n(n1)[C@H](C(F)(F)F)C[C@H](c1ccc(Cl)c(Cl)c1)N2. The second-order valence-electron chi connectivity index (χ2n) is 7.13. The molecule has 0 unspecified atom stereocenters. The average Bonchev–Trinajstić information content (AvgIpc) is 3.04. The molecular weight excluding hydrogens is 416 g/mol. The van der Waals surface area contributed by atoms with E-state index in [9.17, 15) is 18.0 Å². The van der Waals surface area contributed by atoms with Crippen molar-refractivity contribution in [3.63, 3.8) is 0 Å². The number of carbonyl (C=O) groups is 1. The van der Waals surface area contributed by atoms with E-state index in [4.69, 9.17) is 23.2 Å². The van der Waals surface area contributed by atoms with Gasteiger partial charge in [-0.05, 0) is 23.6 Å². The lowest BCUT2D eigenvalue weighted by molar-refractivity contribution is -0.173. The van der Waals surface area contributed by atoms with Gasteiger partial charge in [0.05, 0.1) is 16.1 Å². The average molecular weight is 435 g/mol. The number of alkyl halides is 3. The number of aromatic nitrogens is 2. The Morgan fingerprint density at radius 1 is 1.32 bits per heavy atom. The zero-order valence-electron chi connectivity index (χ0n) is 15.1. The second-order valence-corrected chi connectivity index (χ2v) is 7.94. The summed E-state index contributed by atoms with van der Waals surface area (Å²) in [6, 6.07) is 3.52. The lowest BCUT2D eigenvalue weighted by Crippen LogP contribution is -2.36. The van der Waals surface area contributed by atoms with Crippen LogP contribution in [0.1, 0.15) is 48.4 Å². The van der Waals surface area contributed by atoms with E-state index in [1.807, 2.05) is 13.8 Å². The van der Waals surface area contributed by atoms with Crippen molar-refractivity contribution in [2.75, 3.05) is 11.9 Å². The quantitative estimate of drug-likeness (QED) is 0.691. The molecule has 0 radical (unpaired) electrons. The molecular formula is C18H19Cl2F3N4O. The number of hydrogen-bond donors (Lipinski definition) is 2. The van der Waals surface area contributed by atoms with Crippen molar-refractivity contribution in [1.82, 2.24) is 15.1 Å². The molecule has 2 heterocycles. The zero-order chi connectivity index (χ0) is 20.6. The molecule has 0 aliphatic carbocycles. The first-order valence-corrected chi connectivity index (χ1v) is 9.47. The number of hydrogen-bond acceptors (Lipinski definition) is 3. The summed E-state index contributed by atoms with van der Waals surface area (Å²) in [7, 11) is 0. The summed E-state index contributed by atoms with van der Waals surface area (Å²) in [5, 5.41) is 10.2. The van der Waals surface area contributed by atoms with E-state index in [1.165, 1.54) is 12.1 Å². The third-order valence-corrected chi connectivity index (χ3v) is 5.18. The van der Waals surface area contributed by atoms with Crippen LogP contribution in [-0.4, -0.2) is 28.4 Å². The lowest BCUT2D eigenvalue weighted by Gasteiger charge is -2.33. The van der Waals surface area contributed by atoms with Gasteiger partial charge in [-0.3, -0.25) is 4.79 Å². The van der Waals surface area contributed by atoms with Gasteiger partial charge in [0.15, 0.2) is 11.7 Å². The molecule has 2 atom stereocenters. The fourth-order valence-electron chi connectivity index (χ4n) is 3.02. The summed E-state index contributed by atoms with van der Waals surface area (Å²) in [4.78, 5) is 12.2. The second kappa shape index (κ2) is 7.83. The van der Waals surface area contributed by atoms with Crippen LogP contribution in [0.15, 0.2) is 24.3 Å². The normalized spacial score (nSPS) is 19.3. The van der Waals surface area contributed by atoms with Gasteiger partial charge >= 0.3 is 6.18 Å². The fourth-order valence-corrected chi connectivity index (χ4v) is 3.33. The first-order valence-electron chi connectivity index (χ1n) is 8.72. The molecule has 10 heteroatoms. The Labute approximate surface area is 170 Å². The molecule has 1 amide bonds. The molecule has 0 bridgehead atoms. The van der Waals surface area contributed by atoms with Gasteiger partial charge in [-0.1, -0.05) is 43.1 Å². The number of amides is 1. The van der Waals surface area contributed by atoms with E-state index in [-0.39, 0.29) is 28.9 Å². The van der Waals surface area contributed by atoms with Crippen LogP contribution in [0.2, 0.25) is 10.0 Å². The van der Waals surface area contributed by atoms with E-state index >= 15 is 0 Å². The van der Waals surface area contributed by atoms with Crippen LogP contribution >= 0.6 is 23.2 Å². The zero-order valence-corrected chi connectivity index (χ0v) is 16.7. The number of halogens is 5. The largest absolute Gasteiger partial charge is 0.410 e. The van der Waals surface area contributed by atoms with Crippen LogP contribution in [0, 0.1) is 5.92 Å². The molecule has 1 aromatic heterocycles. The summed E-state index contributed by atoms with van der Waals surface area (Å²) in [5.74, 6) is -0.176. The summed E-state index contributed by atoms with van der Waals surface area (Å²) < 4.78 is 41.9. The van der Waals surface area contributed by atoms with Crippen LogP contribution in [0.25, 0.3) is 0 Å². The molecule has 0 fully saturated rings. The molecule has 1 aromatic carbocycles. The molecule has 0 saturated carbocycles. The van der Waals surface area contributed by atoms with Crippen LogP contribution in [0.5, 0.6) is 0 Å². The summed E-state index contributed by atoms with van der Waals surface area (Å²) >= 11 is 11.9. The Balaban J connectivity index is 1.93. The van der Waals surface area contributed by atoms with Crippen molar-refractivity contribution in [3.8, 4) is 0 Å². The number of nitrogens with zero attached hydrogens (tertiary/aromatic N) is 2. The third-order valence-electron chi connectivity index (χ3n) is 4.44. The molecule has 0 spiro atoms. The van der Waals surface area contributed by atoms with Crippen molar-refractivity contribution < 1.29 is 18.0 Å². The fraction of sp³-hybridized carbons (Fsp3) is 0.444. The van der Waals surface area contributed by atoms with E-state index in [2.05, 4.69) is 15.7 Å². The first-order chi connectivity index (χ1) is 13.1. The molecule has 2 N–H and O–H groups in total. The van der Waals surface area contributed by atoms with Crippen LogP contribution in [0.4, 0.5) is 19.0 Å². The Kier molecular flexibility index (Phi) is 5.82. The van der Waals surface area contributed by atoms with E-state index < -0.39 is 24.2 Å². The van der Waals surface area contributed by atoms with Crippen molar-refractivity contribution in [1.29, 1.82) is 0 Å². The predicted octanol–water partition coefficient (Wildman–Crippen LogP) is 5.24. The molecule has 3 rings (SSSR count). The van der Waals surface area contributed by atoms with Crippen LogP contribution in [0.3, 0.4) is 0 Å². The third kappa shape index (κ3) is 4.38. The number of benzene rings is 1. The minimum absolute atomic E-state index is 0.0628. The Hall–Kier alpha value is -1.93. The smallest absolute Gasteiger partial charge is 0.363 e. The highest BCUT2D eigenvalue weighted by atomic mass is 35.5. The maximum absolute atomic E-state index is 13.7. The van der Waals surface area contributed by atoms with Gasteiger partial charge < -0.3 is 10.6 Å². The molecule has 2 aromatic rings. The Morgan fingerprint density at radius 2 is 2.04 bits per heavy atom. The van der Waals surface area contributed by atoms with Crippen LogP contribution < -0.4 is 10.6 Å². The van der Waals surface area contributed by atoms with Gasteiger partial charge in [0.1, 0.15) is 5.82 Å². The van der Waals surface area contributed by atoms with Gasteiger partial charge in [0, 0.05) is 19.0 Å². The number of fused-ring (bicyclic) bond motifs is 1. The number of anilines is 1. The van der Waals surface area contributed by atoms with Crippen LogP contribution in [-0.2, 0) is 0 Å². The van der Waals surface area contributed by atoms with Gasteiger partial charge in [-0.15, -0.1) is 0 Å². The minimum Gasteiger partial charge on any atom is -0.363 e. The molecule has 5 nitrogen and oxygen atoms in total. The summed E-state index contributed by atoms with van der Waals surface area (Å²) in [6.07, 6.45) is -4.81. The Morgan fingerprint density at radius 3 is 2.64 bits per heavy atom. The van der Waals surface area contributed by atoms with Crippen molar-refractivity contribution in [2.24, 2.45) is 5.92 Å². The van der Waals surface area contributed by atoms with Gasteiger partial charge in [-0.25, -0.2) is 4.68 Å². The van der Waals surface area contributed by atoms with E-state index in [1.54, 1.807) is 12.1 Å². The molecule has 28 heavy (non-hydrogen) atoms. The standard InChI is InChI=1S/C18H19Cl2F3N4O/c1-9(2)8-24-17(28)14-7-16-25-13(10-3-4-11(19)12(20)5-10)6-15(18(21,22)23)27(16)26-14/h3-5,7,9,13,15,25H,6,8H2,1-2H3,(H,24,28)/t13-,15+/m1/s1. The van der Waals surface area contributed by atoms with Gasteiger partial charge in [0.2, 0.25) is 0 Å². The van der Waals surface area contributed by atoms with Gasteiger partial charge in [-0.2, -0.15) is 18.3 Å². The molecule has 1 aliphatic heterocycles.